The van der Waals surface area contributed by atoms with E-state index in [1.54, 1.807) is 0 Å². The number of aryl methyl sites for hydroxylation is 1. The summed E-state index contributed by atoms with van der Waals surface area (Å²) in [5, 5.41) is 14.0. The van der Waals surface area contributed by atoms with E-state index in [0.29, 0.717) is 13.2 Å². The van der Waals surface area contributed by atoms with Crippen LogP contribution in [0.15, 0.2) is 77.3 Å². The summed E-state index contributed by atoms with van der Waals surface area (Å²) < 4.78 is 7.08. The molecule has 2 unspecified atom stereocenters. The second kappa shape index (κ2) is 11.4. The fourth-order valence-corrected chi connectivity index (χ4v) is 3.40. The molecule has 2 atom stereocenters. The fraction of sp³-hybridized carbons (Fsp3) is 0.250. The van der Waals surface area contributed by atoms with Crippen LogP contribution in [0.5, 0.6) is 5.75 Å². The fourth-order valence-electron chi connectivity index (χ4n) is 2.99. The Balaban J connectivity index is 0.00000300. The first kappa shape index (κ1) is 23.4. The summed E-state index contributed by atoms with van der Waals surface area (Å²) in [5.41, 5.74) is 4.34. The van der Waals surface area contributed by atoms with Crippen LogP contribution in [0.2, 0.25) is 0 Å². The molecular formula is C24H27BrClNO2. The highest BCUT2D eigenvalue weighted by Crippen LogP contribution is 2.25. The smallest absolute Gasteiger partial charge is 0.124 e. The van der Waals surface area contributed by atoms with Gasteiger partial charge in [-0.25, -0.2) is 0 Å². The molecular weight excluding hydrogens is 450 g/mol. The second-order valence-electron chi connectivity index (χ2n) is 7.05. The van der Waals surface area contributed by atoms with Crippen LogP contribution < -0.4 is 10.1 Å². The van der Waals surface area contributed by atoms with Crippen molar-refractivity contribution in [2.24, 2.45) is 0 Å². The minimum atomic E-state index is -0.565. The Morgan fingerprint density at radius 1 is 1.00 bits per heavy atom. The molecule has 0 bridgehead atoms. The molecule has 5 heteroatoms. The van der Waals surface area contributed by atoms with E-state index in [9.17, 15) is 5.11 Å². The molecule has 3 rings (SSSR count). The molecule has 0 amide bonds. The van der Waals surface area contributed by atoms with Crippen molar-refractivity contribution in [2.75, 3.05) is 0 Å². The van der Waals surface area contributed by atoms with Crippen LogP contribution in [0.3, 0.4) is 0 Å². The van der Waals surface area contributed by atoms with E-state index < -0.39 is 6.10 Å². The number of hydrogen-bond acceptors (Lipinski definition) is 3. The zero-order valence-electron chi connectivity index (χ0n) is 16.6. The van der Waals surface area contributed by atoms with Gasteiger partial charge in [-0.05, 0) is 43.2 Å². The van der Waals surface area contributed by atoms with Crippen molar-refractivity contribution in [3.63, 3.8) is 0 Å². The number of ether oxygens (including phenoxy) is 1. The third-order valence-corrected chi connectivity index (χ3v) is 5.26. The van der Waals surface area contributed by atoms with E-state index in [-0.39, 0.29) is 18.4 Å². The Labute approximate surface area is 187 Å². The summed E-state index contributed by atoms with van der Waals surface area (Å²) in [5.74, 6) is 0.845. The maximum Gasteiger partial charge on any atom is 0.124 e. The second-order valence-corrected chi connectivity index (χ2v) is 7.97. The topological polar surface area (TPSA) is 41.5 Å². The van der Waals surface area contributed by atoms with Gasteiger partial charge in [0.05, 0.1) is 6.10 Å². The highest BCUT2D eigenvalue weighted by atomic mass is 79.9. The van der Waals surface area contributed by atoms with Gasteiger partial charge in [0.2, 0.25) is 0 Å². The summed E-state index contributed by atoms with van der Waals surface area (Å²) in [6.07, 6.45) is -0.565. The van der Waals surface area contributed by atoms with Crippen LogP contribution in [-0.2, 0) is 13.2 Å². The Morgan fingerprint density at radius 3 is 2.38 bits per heavy atom. The predicted molar refractivity (Wildman–Crippen MR) is 125 cm³/mol. The summed E-state index contributed by atoms with van der Waals surface area (Å²) in [4.78, 5) is 0. The van der Waals surface area contributed by atoms with Crippen molar-refractivity contribution < 1.29 is 9.84 Å². The van der Waals surface area contributed by atoms with Crippen LogP contribution in [0.25, 0.3) is 0 Å². The van der Waals surface area contributed by atoms with Crippen molar-refractivity contribution >= 4 is 28.3 Å². The van der Waals surface area contributed by atoms with Crippen LogP contribution >= 0.6 is 28.3 Å². The van der Waals surface area contributed by atoms with Gasteiger partial charge < -0.3 is 15.2 Å². The van der Waals surface area contributed by atoms with Crippen molar-refractivity contribution in [3.05, 3.63) is 99.5 Å². The summed E-state index contributed by atoms with van der Waals surface area (Å²) in [7, 11) is 0. The van der Waals surface area contributed by atoms with Crippen LogP contribution in [0.4, 0.5) is 0 Å². The minimum Gasteiger partial charge on any atom is -0.489 e. The average Bonchev–Trinajstić information content (AvgIpc) is 2.72. The Bertz CT molecular complexity index is 887. The van der Waals surface area contributed by atoms with Gasteiger partial charge in [0.1, 0.15) is 12.4 Å². The van der Waals surface area contributed by atoms with Crippen molar-refractivity contribution in [3.8, 4) is 5.75 Å². The zero-order valence-corrected chi connectivity index (χ0v) is 19.0. The van der Waals surface area contributed by atoms with E-state index in [4.69, 9.17) is 4.74 Å². The van der Waals surface area contributed by atoms with Gasteiger partial charge >= 0.3 is 0 Å². The summed E-state index contributed by atoms with van der Waals surface area (Å²) >= 11 is 3.54. The minimum absolute atomic E-state index is 0. The number of aliphatic hydroxyl groups excluding tert-OH is 1. The van der Waals surface area contributed by atoms with Gasteiger partial charge in [-0.15, -0.1) is 12.4 Å². The summed E-state index contributed by atoms with van der Waals surface area (Å²) in [6, 6.07) is 24.0. The number of hydrogen-bond donors (Lipinski definition) is 2. The Hall–Kier alpha value is -1.85. The number of aliphatic hydroxyl groups is 1. The molecule has 0 heterocycles. The Morgan fingerprint density at radius 2 is 1.69 bits per heavy atom. The number of halogens is 2. The lowest BCUT2D eigenvalue weighted by Crippen LogP contribution is -2.31. The van der Waals surface area contributed by atoms with Crippen molar-refractivity contribution in [1.29, 1.82) is 0 Å². The predicted octanol–water partition coefficient (Wildman–Crippen LogP) is 5.97. The lowest BCUT2D eigenvalue weighted by Gasteiger charge is -2.21. The molecule has 0 aliphatic rings. The molecule has 0 saturated heterocycles. The molecule has 0 radical (unpaired) electrons. The van der Waals surface area contributed by atoms with E-state index in [0.717, 1.165) is 26.9 Å². The molecule has 0 aliphatic heterocycles. The molecule has 2 N–H and O–H groups in total. The van der Waals surface area contributed by atoms with Gasteiger partial charge in [0.15, 0.2) is 0 Å². The molecule has 0 fully saturated rings. The van der Waals surface area contributed by atoms with E-state index in [1.807, 2.05) is 49.4 Å². The average molecular weight is 477 g/mol. The first-order valence-electron chi connectivity index (χ1n) is 9.46. The van der Waals surface area contributed by atoms with Gasteiger partial charge in [-0.2, -0.15) is 0 Å². The van der Waals surface area contributed by atoms with Gasteiger partial charge in [-0.1, -0.05) is 76.1 Å². The van der Waals surface area contributed by atoms with E-state index in [1.165, 1.54) is 5.56 Å². The normalized spacial score (nSPS) is 12.7. The molecule has 0 spiro atoms. The molecule has 154 valence electrons. The molecule has 3 aromatic rings. The lowest BCUT2D eigenvalue weighted by atomic mass is 10.0. The van der Waals surface area contributed by atoms with Crippen molar-refractivity contribution in [1.82, 2.24) is 5.32 Å². The number of benzene rings is 3. The highest BCUT2D eigenvalue weighted by Gasteiger charge is 2.16. The third-order valence-electron chi connectivity index (χ3n) is 4.77. The molecule has 0 aliphatic carbocycles. The maximum atomic E-state index is 10.6. The van der Waals surface area contributed by atoms with E-state index in [2.05, 4.69) is 58.5 Å². The SMILES string of the molecule is Cc1ccc(COc2ccc(Br)cc2CNC(C)C(O)c2ccccc2)cc1.Cl. The van der Waals surface area contributed by atoms with Crippen LogP contribution in [0.1, 0.15) is 35.3 Å². The first-order valence-corrected chi connectivity index (χ1v) is 10.3. The highest BCUT2D eigenvalue weighted by molar-refractivity contribution is 9.10. The number of rotatable bonds is 8. The van der Waals surface area contributed by atoms with Crippen LogP contribution in [0, 0.1) is 6.92 Å². The van der Waals surface area contributed by atoms with E-state index >= 15 is 0 Å². The first-order chi connectivity index (χ1) is 13.5. The molecule has 29 heavy (non-hydrogen) atoms. The quantitative estimate of drug-likeness (QED) is 0.421. The molecule has 0 saturated carbocycles. The molecule has 0 aromatic heterocycles. The zero-order chi connectivity index (χ0) is 19.9. The standard InChI is InChI=1S/C24H26BrNO2.ClH/c1-17-8-10-19(11-9-17)16-28-23-13-12-22(25)14-21(23)15-26-18(2)24(27)20-6-4-3-5-7-20;/h3-14,18,24,26-27H,15-16H2,1-2H3;1H. The molecule has 3 nitrogen and oxygen atoms in total. The monoisotopic (exact) mass is 475 g/mol. The lowest BCUT2D eigenvalue weighted by molar-refractivity contribution is 0.135. The molecule has 3 aromatic carbocycles. The summed E-state index contributed by atoms with van der Waals surface area (Å²) in [6.45, 7) is 5.20. The van der Waals surface area contributed by atoms with Gasteiger partial charge in [-0.3, -0.25) is 0 Å². The largest absolute Gasteiger partial charge is 0.489 e. The van der Waals surface area contributed by atoms with Gasteiger partial charge in [0.25, 0.3) is 0 Å². The van der Waals surface area contributed by atoms with Crippen LogP contribution in [-0.4, -0.2) is 11.1 Å². The number of nitrogens with one attached hydrogen (secondary N) is 1. The van der Waals surface area contributed by atoms with Gasteiger partial charge in [0, 0.05) is 22.6 Å². The maximum absolute atomic E-state index is 10.6. The third kappa shape index (κ3) is 6.86. The van der Waals surface area contributed by atoms with Crippen molar-refractivity contribution in [2.45, 2.75) is 39.1 Å². The Kier molecular flexibility index (Phi) is 9.18.